The molecule has 0 saturated carbocycles. The first-order valence-electron chi connectivity index (χ1n) is 5.73. The first-order valence-corrected chi connectivity index (χ1v) is 5.73. The van der Waals surface area contributed by atoms with Crippen molar-refractivity contribution in [2.24, 2.45) is 7.05 Å². The highest BCUT2D eigenvalue weighted by atomic mass is 19.1. The molecule has 0 spiro atoms. The van der Waals surface area contributed by atoms with Crippen LogP contribution in [0.15, 0.2) is 18.3 Å². The molecular weight excluding hydrogens is 217 g/mol. The molecule has 1 unspecified atom stereocenters. The van der Waals surface area contributed by atoms with Crippen molar-refractivity contribution in [3.05, 3.63) is 35.3 Å². The molecule has 0 fully saturated rings. The van der Waals surface area contributed by atoms with Gasteiger partial charge in [-0.3, -0.25) is 0 Å². The van der Waals surface area contributed by atoms with E-state index in [4.69, 9.17) is 0 Å². The van der Waals surface area contributed by atoms with Crippen molar-refractivity contribution in [3.63, 3.8) is 0 Å². The van der Waals surface area contributed by atoms with Crippen LogP contribution in [0.3, 0.4) is 0 Å². The Labute approximate surface area is 100 Å². The Morgan fingerprint density at radius 1 is 1.47 bits per heavy atom. The smallest absolute Gasteiger partial charge is 0.147 e. The predicted molar refractivity (Wildman–Crippen MR) is 66.7 cm³/mol. The van der Waals surface area contributed by atoms with Crippen LogP contribution in [0.4, 0.5) is 4.39 Å². The second-order valence-corrected chi connectivity index (χ2v) is 4.63. The van der Waals surface area contributed by atoms with Crippen LogP contribution in [0.5, 0.6) is 0 Å². The number of benzene rings is 1. The van der Waals surface area contributed by atoms with Gasteiger partial charge in [0, 0.05) is 25.1 Å². The summed E-state index contributed by atoms with van der Waals surface area (Å²) in [5.74, 6) is -0.156. The first-order chi connectivity index (χ1) is 8.04. The normalized spacial score (nSPS) is 12.9. The lowest BCUT2D eigenvalue weighted by molar-refractivity contribution is -0.108. The van der Waals surface area contributed by atoms with Gasteiger partial charge in [-0.15, -0.1) is 0 Å². The zero-order valence-corrected chi connectivity index (χ0v) is 10.3. The third-order valence-corrected chi connectivity index (χ3v) is 3.27. The number of fused-ring (bicyclic) bond motifs is 1. The van der Waals surface area contributed by atoms with E-state index in [9.17, 15) is 9.18 Å². The van der Waals surface area contributed by atoms with Crippen LogP contribution in [0, 0.1) is 12.7 Å². The maximum absolute atomic E-state index is 14.0. The Morgan fingerprint density at radius 3 is 2.82 bits per heavy atom. The van der Waals surface area contributed by atoms with Crippen molar-refractivity contribution in [1.82, 2.24) is 4.57 Å². The van der Waals surface area contributed by atoms with Crippen molar-refractivity contribution < 1.29 is 9.18 Å². The molecule has 0 bridgehead atoms. The van der Waals surface area contributed by atoms with Gasteiger partial charge in [-0.2, -0.15) is 0 Å². The van der Waals surface area contributed by atoms with Gasteiger partial charge in [0.05, 0.1) is 5.52 Å². The molecule has 0 N–H and O–H groups in total. The van der Waals surface area contributed by atoms with Gasteiger partial charge < -0.3 is 9.36 Å². The summed E-state index contributed by atoms with van der Waals surface area (Å²) >= 11 is 0. The molecule has 2 nitrogen and oxygen atoms in total. The van der Waals surface area contributed by atoms with Crippen molar-refractivity contribution in [3.8, 4) is 0 Å². The average Bonchev–Trinajstić information content (AvgIpc) is 2.55. The molecule has 0 aliphatic carbocycles. The summed E-state index contributed by atoms with van der Waals surface area (Å²) in [5, 5.41) is 0.931. The van der Waals surface area contributed by atoms with E-state index < -0.39 is 0 Å². The summed E-state index contributed by atoms with van der Waals surface area (Å²) in [6, 6.07) is 3.53. The summed E-state index contributed by atoms with van der Waals surface area (Å²) in [6.07, 6.45) is 3.23. The average molecular weight is 233 g/mol. The van der Waals surface area contributed by atoms with E-state index >= 15 is 0 Å². The minimum atomic E-state index is -0.217. The van der Waals surface area contributed by atoms with Crippen LogP contribution in [-0.4, -0.2) is 10.9 Å². The maximum Gasteiger partial charge on any atom is 0.147 e. The fourth-order valence-corrected chi connectivity index (χ4v) is 2.27. The number of aldehydes is 1. The van der Waals surface area contributed by atoms with Gasteiger partial charge in [0.15, 0.2) is 0 Å². The molecule has 2 aromatic rings. The van der Waals surface area contributed by atoms with Crippen molar-refractivity contribution >= 4 is 17.2 Å². The van der Waals surface area contributed by atoms with E-state index in [1.165, 1.54) is 6.07 Å². The van der Waals surface area contributed by atoms with Crippen LogP contribution < -0.4 is 0 Å². The molecule has 0 amide bonds. The monoisotopic (exact) mass is 233 g/mol. The third kappa shape index (κ3) is 1.97. The van der Waals surface area contributed by atoms with Gasteiger partial charge >= 0.3 is 0 Å². The zero-order chi connectivity index (χ0) is 12.6. The Morgan fingerprint density at radius 2 is 2.18 bits per heavy atom. The molecule has 17 heavy (non-hydrogen) atoms. The van der Waals surface area contributed by atoms with Gasteiger partial charge in [0.1, 0.15) is 12.1 Å². The topological polar surface area (TPSA) is 22.0 Å². The van der Waals surface area contributed by atoms with Crippen LogP contribution in [0.1, 0.15) is 30.4 Å². The first kappa shape index (κ1) is 11.8. The summed E-state index contributed by atoms with van der Waals surface area (Å²) in [7, 11) is 1.84. The standard InChI is InChI=1S/C14H16FNO/c1-9(4-5-17)11-6-12-10(2)8-16(3)14(12)13(15)7-11/h5-9H,4H2,1-3H3. The molecule has 0 saturated heterocycles. The lowest BCUT2D eigenvalue weighted by Crippen LogP contribution is -1.97. The number of halogens is 1. The second kappa shape index (κ2) is 4.32. The highest BCUT2D eigenvalue weighted by molar-refractivity contribution is 5.85. The third-order valence-electron chi connectivity index (χ3n) is 3.27. The molecule has 0 radical (unpaired) electrons. The zero-order valence-electron chi connectivity index (χ0n) is 10.3. The molecular formula is C14H16FNO. The number of hydrogen-bond acceptors (Lipinski definition) is 1. The van der Waals surface area contributed by atoms with Crippen LogP contribution in [0.25, 0.3) is 10.9 Å². The largest absolute Gasteiger partial charge is 0.348 e. The highest BCUT2D eigenvalue weighted by Crippen LogP contribution is 2.28. The van der Waals surface area contributed by atoms with Crippen molar-refractivity contribution in [2.45, 2.75) is 26.2 Å². The molecule has 1 aromatic heterocycles. The minimum Gasteiger partial charge on any atom is -0.348 e. The molecule has 90 valence electrons. The number of aromatic nitrogens is 1. The fourth-order valence-electron chi connectivity index (χ4n) is 2.27. The summed E-state index contributed by atoms with van der Waals surface area (Å²) < 4.78 is 15.8. The minimum absolute atomic E-state index is 0.0611. The lowest BCUT2D eigenvalue weighted by atomic mass is 9.96. The summed E-state index contributed by atoms with van der Waals surface area (Å²) in [5.41, 5.74) is 2.57. The Kier molecular flexibility index (Phi) is 3.01. The van der Waals surface area contributed by atoms with E-state index in [0.717, 1.165) is 22.8 Å². The van der Waals surface area contributed by atoms with E-state index in [1.54, 1.807) is 4.57 Å². The molecule has 3 heteroatoms. The van der Waals surface area contributed by atoms with Crippen LogP contribution in [-0.2, 0) is 11.8 Å². The quantitative estimate of drug-likeness (QED) is 0.745. The summed E-state index contributed by atoms with van der Waals surface area (Å²) in [6.45, 7) is 3.91. The van der Waals surface area contributed by atoms with E-state index in [2.05, 4.69) is 0 Å². The molecule has 1 aromatic carbocycles. The van der Waals surface area contributed by atoms with Crippen LogP contribution >= 0.6 is 0 Å². The van der Waals surface area contributed by atoms with E-state index in [-0.39, 0.29) is 11.7 Å². The number of hydrogen-bond donors (Lipinski definition) is 0. The fraction of sp³-hybridized carbons (Fsp3) is 0.357. The highest BCUT2D eigenvalue weighted by Gasteiger charge is 2.13. The maximum atomic E-state index is 14.0. The SMILES string of the molecule is Cc1cn(C)c2c(F)cc(C(C)CC=O)cc12. The molecule has 1 atom stereocenters. The van der Waals surface area contributed by atoms with Gasteiger partial charge in [-0.05, 0) is 36.1 Å². The second-order valence-electron chi connectivity index (χ2n) is 4.63. The van der Waals surface area contributed by atoms with Gasteiger partial charge in [-0.25, -0.2) is 4.39 Å². The molecule has 0 aliphatic heterocycles. The molecule has 0 aliphatic rings. The number of nitrogens with zero attached hydrogens (tertiary/aromatic N) is 1. The lowest BCUT2D eigenvalue weighted by Gasteiger charge is -2.09. The Bertz CT molecular complexity index is 571. The molecule has 2 rings (SSSR count). The van der Waals surface area contributed by atoms with Gasteiger partial charge in [-0.1, -0.05) is 6.92 Å². The van der Waals surface area contributed by atoms with Crippen LogP contribution in [0.2, 0.25) is 0 Å². The van der Waals surface area contributed by atoms with Gasteiger partial charge in [0.25, 0.3) is 0 Å². The van der Waals surface area contributed by atoms with Crippen molar-refractivity contribution in [1.29, 1.82) is 0 Å². The predicted octanol–water partition coefficient (Wildman–Crippen LogP) is 3.32. The number of carbonyl (C=O) groups is 1. The van der Waals surface area contributed by atoms with Crippen molar-refractivity contribution in [2.75, 3.05) is 0 Å². The van der Waals surface area contributed by atoms with E-state index in [1.807, 2.05) is 33.2 Å². The summed E-state index contributed by atoms with van der Waals surface area (Å²) in [4.78, 5) is 10.5. The van der Waals surface area contributed by atoms with E-state index in [0.29, 0.717) is 11.9 Å². The van der Waals surface area contributed by atoms with Gasteiger partial charge in [0.2, 0.25) is 0 Å². The number of aryl methyl sites for hydroxylation is 2. The Balaban J connectivity index is 2.62. The number of rotatable bonds is 3. The molecule has 1 heterocycles. The Hall–Kier alpha value is -1.64. The number of carbonyl (C=O) groups excluding carboxylic acids is 1.